The van der Waals surface area contributed by atoms with Gasteiger partial charge in [-0.15, -0.1) is 0 Å². The van der Waals surface area contributed by atoms with Gasteiger partial charge < -0.3 is 10.6 Å². The van der Waals surface area contributed by atoms with Crippen LogP contribution in [0.5, 0.6) is 0 Å². The Bertz CT molecular complexity index is 669. The van der Waals surface area contributed by atoms with E-state index < -0.39 is 0 Å². The number of rotatable bonds is 1. The van der Waals surface area contributed by atoms with Crippen LogP contribution >= 0.6 is 0 Å². The Kier molecular flexibility index (Phi) is 3.10. The van der Waals surface area contributed by atoms with Crippen molar-refractivity contribution < 1.29 is 4.79 Å². The van der Waals surface area contributed by atoms with E-state index in [4.69, 9.17) is 5.73 Å². The van der Waals surface area contributed by atoms with Crippen molar-refractivity contribution >= 4 is 11.7 Å². The summed E-state index contributed by atoms with van der Waals surface area (Å²) in [6.07, 6.45) is 2.16. The fourth-order valence-corrected chi connectivity index (χ4v) is 2.51. The molecule has 2 N–H and O–H groups in total. The molecule has 20 heavy (non-hydrogen) atoms. The molecule has 2 heterocycles. The molecule has 1 aromatic heterocycles. The first kappa shape index (κ1) is 12.6. The second-order valence-electron chi connectivity index (χ2n) is 5.03. The first-order chi connectivity index (χ1) is 9.65. The van der Waals surface area contributed by atoms with Crippen LogP contribution in [0.15, 0.2) is 30.6 Å². The number of nitrogens with zero attached hydrogens (tertiary/aromatic N) is 3. The van der Waals surface area contributed by atoms with Gasteiger partial charge in [0.25, 0.3) is 5.91 Å². The minimum atomic E-state index is 0.0385. The van der Waals surface area contributed by atoms with E-state index in [1.807, 2.05) is 36.1 Å². The molecule has 3 rings (SSSR count). The van der Waals surface area contributed by atoms with Gasteiger partial charge in [-0.05, 0) is 25.5 Å². The van der Waals surface area contributed by atoms with Crippen LogP contribution in [-0.4, -0.2) is 27.3 Å². The van der Waals surface area contributed by atoms with Gasteiger partial charge in [-0.2, -0.15) is 0 Å². The lowest BCUT2D eigenvalue weighted by atomic mass is 10.0. The Morgan fingerprint density at radius 1 is 1.35 bits per heavy atom. The number of carbonyl (C=O) groups excluding carboxylic acids is 1. The fourth-order valence-electron chi connectivity index (χ4n) is 2.51. The minimum absolute atomic E-state index is 0.0385. The molecule has 5 heteroatoms. The maximum absolute atomic E-state index is 12.5. The number of anilines is 1. The third-order valence-corrected chi connectivity index (χ3v) is 3.59. The van der Waals surface area contributed by atoms with Crippen LogP contribution in [0, 0.1) is 6.92 Å². The number of nitrogen functional groups attached to an aromatic ring is 1. The first-order valence-electron chi connectivity index (χ1n) is 6.59. The molecule has 0 saturated heterocycles. The molecule has 0 unspecified atom stereocenters. The SMILES string of the molecule is Cc1cccc(C(=O)N2CCc3c(N)ncnc3C2)c1. The second kappa shape index (κ2) is 4.92. The van der Waals surface area contributed by atoms with Crippen LogP contribution in [-0.2, 0) is 13.0 Å². The second-order valence-corrected chi connectivity index (χ2v) is 5.03. The minimum Gasteiger partial charge on any atom is -0.383 e. The van der Waals surface area contributed by atoms with E-state index in [9.17, 15) is 4.79 Å². The molecule has 5 nitrogen and oxygen atoms in total. The van der Waals surface area contributed by atoms with Crippen LogP contribution in [0.1, 0.15) is 27.2 Å². The number of fused-ring (bicyclic) bond motifs is 1. The Hall–Kier alpha value is -2.43. The molecule has 0 saturated carbocycles. The number of amides is 1. The number of hydrogen-bond acceptors (Lipinski definition) is 4. The van der Waals surface area contributed by atoms with Gasteiger partial charge in [-0.25, -0.2) is 9.97 Å². The van der Waals surface area contributed by atoms with Gasteiger partial charge in [-0.3, -0.25) is 4.79 Å². The lowest BCUT2D eigenvalue weighted by molar-refractivity contribution is 0.0731. The van der Waals surface area contributed by atoms with E-state index in [1.165, 1.54) is 6.33 Å². The Balaban J connectivity index is 1.85. The number of benzene rings is 1. The van der Waals surface area contributed by atoms with Crippen LogP contribution in [0.2, 0.25) is 0 Å². The highest BCUT2D eigenvalue weighted by Gasteiger charge is 2.24. The van der Waals surface area contributed by atoms with Gasteiger partial charge in [0.05, 0.1) is 12.2 Å². The van der Waals surface area contributed by atoms with Crippen LogP contribution in [0.3, 0.4) is 0 Å². The molecule has 1 amide bonds. The van der Waals surface area contributed by atoms with Crippen molar-refractivity contribution in [3.63, 3.8) is 0 Å². The number of nitrogens with two attached hydrogens (primary N) is 1. The summed E-state index contributed by atoms with van der Waals surface area (Å²) < 4.78 is 0. The normalized spacial score (nSPS) is 13.9. The smallest absolute Gasteiger partial charge is 0.254 e. The van der Waals surface area contributed by atoms with E-state index in [-0.39, 0.29) is 5.91 Å². The van der Waals surface area contributed by atoms with Gasteiger partial charge in [0.15, 0.2) is 0 Å². The topological polar surface area (TPSA) is 72.1 Å². The van der Waals surface area contributed by atoms with Gasteiger partial charge >= 0.3 is 0 Å². The molecule has 1 aliphatic rings. The predicted octanol–water partition coefficient (Wildman–Crippen LogP) is 1.57. The molecule has 0 fully saturated rings. The Morgan fingerprint density at radius 2 is 2.20 bits per heavy atom. The summed E-state index contributed by atoms with van der Waals surface area (Å²) in [5.41, 5.74) is 9.47. The van der Waals surface area contributed by atoms with E-state index in [0.29, 0.717) is 25.3 Å². The number of hydrogen-bond donors (Lipinski definition) is 1. The zero-order valence-corrected chi connectivity index (χ0v) is 11.3. The summed E-state index contributed by atoms with van der Waals surface area (Å²) in [4.78, 5) is 22.5. The largest absolute Gasteiger partial charge is 0.383 e. The summed E-state index contributed by atoms with van der Waals surface area (Å²) in [6.45, 7) is 3.13. The molecular weight excluding hydrogens is 252 g/mol. The molecule has 1 aliphatic heterocycles. The van der Waals surface area contributed by atoms with Gasteiger partial charge in [-0.1, -0.05) is 17.7 Å². The molecule has 1 aromatic carbocycles. The molecule has 2 aromatic rings. The lowest BCUT2D eigenvalue weighted by Gasteiger charge is -2.28. The fraction of sp³-hybridized carbons (Fsp3) is 0.267. The molecular formula is C15H16N4O. The monoisotopic (exact) mass is 268 g/mol. The Morgan fingerprint density at radius 3 is 3.00 bits per heavy atom. The van der Waals surface area contributed by atoms with Crippen molar-refractivity contribution in [2.45, 2.75) is 19.9 Å². The molecule has 0 aliphatic carbocycles. The summed E-state index contributed by atoms with van der Waals surface area (Å²) in [6, 6.07) is 7.64. The van der Waals surface area contributed by atoms with Gasteiger partial charge in [0.2, 0.25) is 0 Å². The number of aromatic nitrogens is 2. The third kappa shape index (κ3) is 2.22. The predicted molar refractivity (Wildman–Crippen MR) is 76.1 cm³/mol. The summed E-state index contributed by atoms with van der Waals surface area (Å²) >= 11 is 0. The average Bonchev–Trinajstić information content (AvgIpc) is 2.46. The number of carbonyl (C=O) groups is 1. The van der Waals surface area contributed by atoms with Crippen molar-refractivity contribution in [2.24, 2.45) is 0 Å². The lowest BCUT2D eigenvalue weighted by Crippen LogP contribution is -2.37. The van der Waals surface area contributed by atoms with Crippen LogP contribution in [0.25, 0.3) is 0 Å². The van der Waals surface area contributed by atoms with E-state index in [1.54, 1.807) is 0 Å². The molecule has 102 valence electrons. The molecule has 0 bridgehead atoms. The average molecular weight is 268 g/mol. The van der Waals surface area contributed by atoms with Crippen molar-refractivity contribution in [1.82, 2.24) is 14.9 Å². The third-order valence-electron chi connectivity index (χ3n) is 3.59. The van der Waals surface area contributed by atoms with Crippen LogP contribution < -0.4 is 5.73 Å². The summed E-state index contributed by atoms with van der Waals surface area (Å²) in [5.74, 6) is 0.564. The zero-order chi connectivity index (χ0) is 14.1. The first-order valence-corrected chi connectivity index (χ1v) is 6.59. The molecule has 0 spiro atoms. The highest BCUT2D eigenvalue weighted by molar-refractivity contribution is 5.94. The summed E-state index contributed by atoms with van der Waals surface area (Å²) in [5, 5.41) is 0. The maximum atomic E-state index is 12.5. The van der Waals surface area contributed by atoms with E-state index in [0.717, 1.165) is 22.4 Å². The standard InChI is InChI=1S/C15H16N4O/c1-10-3-2-4-11(7-10)15(20)19-6-5-12-13(8-19)17-9-18-14(12)16/h2-4,7,9H,5-6,8H2,1H3,(H2,16,17,18). The van der Waals surface area contributed by atoms with Gasteiger partial charge in [0.1, 0.15) is 12.1 Å². The van der Waals surface area contributed by atoms with Crippen molar-refractivity contribution in [2.75, 3.05) is 12.3 Å². The van der Waals surface area contributed by atoms with Crippen molar-refractivity contribution in [3.8, 4) is 0 Å². The quantitative estimate of drug-likeness (QED) is 0.852. The highest BCUT2D eigenvalue weighted by Crippen LogP contribution is 2.22. The van der Waals surface area contributed by atoms with Crippen molar-refractivity contribution in [3.05, 3.63) is 53.0 Å². The van der Waals surface area contributed by atoms with Gasteiger partial charge in [0, 0.05) is 17.7 Å². The molecule has 0 radical (unpaired) electrons. The van der Waals surface area contributed by atoms with E-state index in [2.05, 4.69) is 9.97 Å². The van der Waals surface area contributed by atoms with Crippen molar-refractivity contribution in [1.29, 1.82) is 0 Å². The van der Waals surface area contributed by atoms with E-state index >= 15 is 0 Å². The molecule has 0 atom stereocenters. The Labute approximate surface area is 117 Å². The zero-order valence-electron chi connectivity index (χ0n) is 11.3. The number of aryl methyl sites for hydroxylation is 1. The maximum Gasteiger partial charge on any atom is 0.254 e. The summed E-state index contributed by atoms with van der Waals surface area (Å²) in [7, 11) is 0. The van der Waals surface area contributed by atoms with Crippen LogP contribution in [0.4, 0.5) is 5.82 Å². The highest BCUT2D eigenvalue weighted by atomic mass is 16.2.